The maximum absolute atomic E-state index is 12.2. The van der Waals surface area contributed by atoms with Crippen LogP contribution in [0, 0.1) is 19.8 Å². The first-order chi connectivity index (χ1) is 11.0. The molecule has 2 heterocycles. The molecular weight excluding hydrogens is 328 g/mol. The van der Waals surface area contributed by atoms with Crippen LogP contribution in [0.5, 0.6) is 0 Å². The normalized spacial score (nSPS) is 19.8. The number of aromatic nitrogens is 2. The Hall–Kier alpha value is -1.89. The third kappa shape index (κ3) is 3.95. The first-order valence-electron chi connectivity index (χ1n) is 7.85. The number of halogens is 1. The number of β-amino-alcohol motifs (C(OH)–C–C–N with tert-alkyl or cyclic N) is 1. The number of aryl methyl sites for hydroxylation is 2. The Morgan fingerprint density at radius 1 is 1.33 bits per heavy atom. The van der Waals surface area contributed by atoms with Gasteiger partial charge in [-0.1, -0.05) is 0 Å². The maximum Gasteiger partial charge on any atom is 0.251 e. The molecule has 2 atom stereocenters. The number of nitrogens with zero attached hydrogens (tertiary/aromatic N) is 2. The average molecular weight is 351 g/mol. The monoisotopic (exact) mass is 350 g/mol. The summed E-state index contributed by atoms with van der Waals surface area (Å²) in [5, 5.41) is 20.2. The molecule has 1 aliphatic rings. The van der Waals surface area contributed by atoms with E-state index in [9.17, 15) is 9.90 Å². The lowest BCUT2D eigenvalue weighted by Gasteiger charge is -2.14. The van der Waals surface area contributed by atoms with Crippen molar-refractivity contribution in [3.63, 3.8) is 0 Å². The van der Waals surface area contributed by atoms with Crippen molar-refractivity contribution in [1.82, 2.24) is 20.4 Å². The van der Waals surface area contributed by atoms with Crippen LogP contribution in [0.2, 0.25) is 0 Å². The Morgan fingerprint density at radius 3 is 2.58 bits per heavy atom. The third-order valence-corrected chi connectivity index (χ3v) is 4.21. The molecule has 1 amide bonds. The fraction of sp³-hybridized carbons (Fsp3) is 0.412. The van der Waals surface area contributed by atoms with Gasteiger partial charge in [0.1, 0.15) is 0 Å². The second-order valence-electron chi connectivity index (χ2n) is 6.08. The molecule has 0 saturated carbocycles. The second-order valence-corrected chi connectivity index (χ2v) is 6.08. The highest BCUT2D eigenvalue weighted by atomic mass is 35.5. The number of benzene rings is 1. The van der Waals surface area contributed by atoms with Crippen LogP contribution >= 0.6 is 12.4 Å². The van der Waals surface area contributed by atoms with Gasteiger partial charge in [-0.15, -0.1) is 12.4 Å². The molecule has 0 radical (unpaired) electrons. The summed E-state index contributed by atoms with van der Waals surface area (Å²) in [6, 6.07) is 9.39. The zero-order valence-corrected chi connectivity index (χ0v) is 14.6. The summed E-state index contributed by atoms with van der Waals surface area (Å²) in [4.78, 5) is 12.2. The van der Waals surface area contributed by atoms with E-state index in [0.29, 0.717) is 18.7 Å². The van der Waals surface area contributed by atoms with Crippen LogP contribution in [0.3, 0.4) is 0 Å². The number of carbonyl (C=O) groups excluding carboxylic acids is 1. The molecule has 24 heavy (non-hydrogen) atoms. The van der Waals surface area contributed by atoms with Crippen molar-refractivity contribution in [2.75, 3.05) is 19.6 Å². The molecule has 1 aliphatic heterocycles. The van der Waals surface area contributed by atoms with E-state index < -0.39 is 0 Å². The van der Waals surface area contributed by atoms with Gasteiger partial charge in [0.05, 0.1) is 17.5 Å². The number of carbonyl (C=O) groups is 1. The van der Waals surface area contributed by atoms with E-state index in [2.05, 4.69) is 15.7 Å². The van der Waals surface area contributed by atoms with Gasteiger partial charge >= 0.3 is 0 Å². The van der Waals surface area contributed by atoms with Gasteiger partial charge in [0.2, 0.25) is 0 Å². The highest BCUT2D eigenvalue weighted by molar-refractivity contribution is 5.94. The Bertz CT molecular complexity index is 699. The number of aliphatic hydroxyl groups excluding tert-OH is 1. The summed E-state index contributed by atoms with van der Waals surface area (Å²) in [7, 11) is 0. The summed E-state index contributed by atoms with van der Waals surface area (Å²) >= 11 is 0. The summed E-state index contributed by atoms with van der Waals surface area (Å²) in [5.41, 5.74) is 3.56. The van der Waals surface area contributed by atoms with E-state index in [0.717, 1.165) is 23.6 Å². The van der Waals surface area contributed by atoms with E-state index in [1.165, 1.54) is 0 Å². The van der Waals surface area contributed by atoms with Crippen molar-refractivity contribution in [2.24, 2.45) is 5.92 Å². The van der Waals surface area contributed by atoms with Crippen molar-refractivity contribution < 1.29 is 9.90 Å². The van der Waals surface area contributed by atoms with E-state index in [1.807, 2.05) is 36.7 Å². The minimum Gasteiger partial charge on any atom is -0.391 e. The van der Waals surface area contributed by atoms with Crippen molar-refractivity contribution in [2.45, 2.75) is 20.0 Å². The van der Waals surface area contributed by atoms with Crippen LogP contribution in [0.1, 0.15) is 21.7 Å². The zero-order chi connectivity index (χ0) is 16.4. The van der Waals surface area contributed by atoms with Gasteiger partial charge in [0, 0.05) is 36.8 Å². The molecule has 1 aromatic carbocycles. The number of rotatable bonds is 4. The number of hydrogen-bond donors (Lipinski definition) is 3. The topological polar surface area (TPSA) is 79.2 Å². The van der Waals surface area contributed by atoms with Crippen LogP contribution in [0.15, 0.2) is 30.3 Å². The number of amides is 1. The average Bonchev–Trinajstić information content (AvgIpc) is 3.10. The first-order valence-corrected chi connectivity index (χ1v) is 7.85. The Kier molecular flexibility index (Phi) is 5.99. The highest BCUT2D eigenvalue weighted by Gasteiger charge is 2.25. The molecule has 3 rings (SSSR count). The van der Waals surface area contributed by atoms with Crippen LogP contribution in [0.4, 0.5) is 0 Å². The number of nitrogens with one attached hydrogen (secondary N) is 2. The Balaban J connectivity index is 0.00000208. The molecule has 1 fully saturated rings. The Morgan fingerprint density at radius 2 is 2.04 bits per heavy atom. The van der Waals surface area contributed by atoms with Crippen LogP contribution in [-0.2, 0) is 0 Å². The molecule has 0 aliphatic carbocycles. The molecule has 7 heteroatoms. The number of hydrogen-bond acceptors (Lipinski definition) is 4. The summed E-state index contributed by atoms with van der Waals surface area (Å²) in [6.45, 7) is 5.77. The smallest absolute Gasteiger partial charge is 0.251 e. The molecule has 1 saturated heterocycles. The van der Waals surface area contributed by atoms with Crippen molar-refractivity contribution in [1.29, 1.82) is 0 Å². The van der Waals surface area contributed by atoms with Crippen LogP contribution < -0.4 is 10.6 Å². The SMILES string of the molecule is Cc1cc(C)n(-c2ccc(C(=O)NCC3CNCC3O)cc2)n1.Cl. The minimum atomic E-state index is -0.385. The molecule has 130 valence electrons. The minimum absolute atomic E-state index is 0. The van der Waals surface area contributed by atoms with Crippen LogP contribution in [-0.4, -0.2) is 46.5 Å². The molecule has 6 nitrogen and oxygen atoms in total. The fourth-order valence-electron chi connectivity index (χ4n) is 2.90. The van der Waals surface area contributed by atoms with E-state index in [1.54, 1.807) is 12.1 Å². The van der Waals surface area contributed by atoms with Crippen molar-refractivity contribution >= 4 is 18.3 Å². The van der Waals surface area contributed by atoms with Gasteiger partial charge in [0.15, 0.2) is 0 Å². The summed E-state index contributed by atoms with van der Waals surface area (Å²) in [5.74, 6) is -0.0445. The molecule has 1 aromatic heterocycles. The molecule has 3 N–H and O–H groups in total. The maximum atomic E-state index is 12.2. The predicted molar refractivity (Wildman–Crippen MR) is 95.0 cm³/mol. The standard InChI is InChI=1S/C17H22N4O2.ClH/c1-11-7-12(2)21(20-11)15-5-3-13(4-6-15)17(23)19-9-14-8-18-10-16(14)22;/h3-7,14,16,18,22H,8-10H2,1-2H3,(H,19,23);1H. The zero-order valence-electron chi connectivity index (χ0n) is 13.8. The summed E-state index contributed by atoms with van der Waals surface area (Å²) < 4.78 is 1.86. The van der Waals surface area contributed by atoms with E-state index in [-0.39, 0.29) is 30.3 Å². The second kappa shape index (κ2) is 7.79. The van der Waals surface area contributed by atoms with Crippen molar-refractivity contribution in [3.8, 4) is 5.69 Å². The highest BCUT2D eigenvalue weighted by Crippen LogP contribution is 2.13. The van der Waals surface area contributed by atoms with Crippen LogP contribution in [0.25, 0.3) is 5.69 Å². The lowest BCUT2D eigenvalue weighted by molar-refractivity contribution is 0.0927. The van der Waals surface area contributed by atoms with E-state index >= 15 is 0 Å². The lowest BCUT2D eigenvalue weighted by Crippen LogP contribution is -2.34. The quantitative estimate of drug-likeness (QED) is 0.774. The lowest BCUT2D eigenvalue weighted by atomic mass is 10.1. The largest absolute Gasteiger partial charge is 0.391 e. The molecule has 2 aromatic rings. The molecular formula is C17H23ClN4O2. The van der Waals surface area contributed by atoms with Gasteiger partial charge < -0.3 is 15.7 Å². The number of aliphatic hydroxyl groups is 1. The molecule has 2 unspecified atom stereocenters. The summed E-state index contributed by atoms with van der Waals surface area (Å²) in [6.07, 6.45) is -0.385. The predicted octanol–water partition coefficient (Wildman–Crippen LogP) is 1.22. The van der Waals surface area contributed by atoms with Gasteiger partial charge in [-0.2, -0.15) is 5.10 Å². The molecule has 0 spiro atoms. The first kappa shape index (κ1) is 18.4. The Labute approximate surface area is 147 Å². The van der Waals surface area contributed by atoms with Crippen molar-refractivity contribution in [3.05, 3.63) is 47.3 Å². The van der Waals surface area contributed by atoms with Gasteiger partial charge in [-0.25, -0.2) is 4.68 Å². The van der Waals surface area contributed by atoms with Gasteiger partial charge in [-0.3, -0.25) is 4.79 Å². The van der Waals surface area contributed by atoms with Gasteiger partial charge in [0.25, 0.3) is 5.91 Å². The van der Waals surface area contributed by atoms with E-state index in [4.69, 9.17) is 0 Å². The van der Waals surface area contributed by atoms with Gasteiger partial charge in [-0.05, 0) is 44.2 Å². The fourth-order valence-corrected chi connectivity index (χ4v) is 2.90. The third-order valence-electron chi connectivity index (χ3n) is 4.21. The molecule has 0 bridgehead atoms.